The molecule has 130 valence electrons. The summed E-state index contributed by atoms with van der Waals surface area (Å²) in [5, 5.41) is 3.42. The summed E-state index contributed by atoms with van der Waals surface area (Å²) in [4.78, 5) is 12.5. The third kappa shape index (κ3) is 3.05. The van der Waals surface area contributed by atoms with Gasteiger partial charge in [-0.05, 0) is 87.3 Å². The monoisotopic (exact) mass is 327 g/mol. The van der Waals surface area contributed by atoms with E-state index in [2.05, 4.69) is 25.2 Å². The highest BCUT2D eigenvalue weighted by atomic mass is 16.5. The van der Waals surface area contributed by atoms with Crippen LogP contribution in [0.2, 0.25) is 0 Å². The van der Waals surface area contributed by atoms with E-state index in [0.29, 0.717) is 13.0 Å². The van der Waals surface area contributed by atoms with Crippen molar-refractivity contribution in [3.05, 3.63) is 29.3 Å². The van der Waals surface area contributed by atoms with Crippen molar-refractivity contribution in [2.45, 2.75) is 64.3 Å². The van der Waals surface area contributed by atoms with Gasteiger partial charge in [-0.3, -0.25) is 4.79 Å². The van der Waals surface area contributed by atoms with Crippen molar-refractivity contribution in [2.24, 2.45) is 17.8 Å². The standard InChI is InChI=1S/C21H29NO2/c1-14-4-3-5-19(15(14)2)24-7-6-20(23)22-21-11-16-8-17(12-21)10-18(9-16)13-21/h3-5,16-18H,6-13H2,1-2H3,(H,22,23). The van der Waals surface area contributed by atoms with Crippen LogP contribution in [-0.4, -0.2) is 18.1 Å². The predicted molar refractivity (Wildman–Crippen MR) is 95.1 cm³/mol. The van der Waals surface area contributed by atoms with Gasteiger partial charge >= 0.3 is 0 Å². The van der Waals surface area contributed by atoms with E-state index in [9.17, 15) is 4.79 Å². The fourth-order valence-corrected chi connectivity index (χ4v) is 5.76. The number of nitrogens with one attached hydrogen (secondary N) is 1. The first-order chi connectivity index (χ1) is 11.5. The normalized spacial score (nSPS) is 33.5. The molecule has 0 radical (unpaired) electrons. The van der Waals surface area contributed by atoms with Crippen LogP contribution in [-0.2, 0) is 4.79 Å². The van der Waals surface area contributed by atoms with E-state index in [0.717, 1.165) is 23.5 Å². The van der Waals surface area contributed by atoms with Gasteiger partial charge in [0.25, 0.3) is 0 Å². The third-order valence-electron chi connectivity index (χ3n) is 6.58. The Morgan fingerprint density at radius 3 is 2.38 bits per heavy atom. The number of amides is 1. The number of aryl methyl sites for hydroxylation is 1. The Bertz CT molecular complexity index is 601. The highest BCUT2D eigenvalue weighted by molar-refractivity contribution is 5.77. The predicted octanol–water partition coefficient (Wildman–Crippen LogP) is 4.16. The van der Waals surface area contributed by atoms with Gasteiger partial charge < -0.3 is 10.1 Å². The minimum atomic E-state index is 0.116. The van der Waals surface area contributed by atoms with Crippen LogP contribution in [0, 0.1) is 31.6 Å². The Balaban J connectivity index is 1.30. The van der Waals surface area contributed by atoms with Gasteiger partial charge in [-0.15, -0.1) is 0 Å². The van der Waals surface area contributed by atoms with Gasteiger partial charge in [0.15, 0.2) is 0 Å². The number of rotatable bonds is 5. The molecule has 4 bridgehead atoms. The van der Waals surface area contributed by atoms with Crippen LogP contribution in [0.25, 0.3) is 0 Å². The molecule has 4 aliphatic rings. The topological polar surface area (TPSA) is 38.3 Å². The quantitative estimate of drug-likeness (QED) is 0.882. The second-order valence-corrected chi connectivity index (χ2v) is 8.54. The molecule has 1 N–H and O–H groups in total. The average molecular weight is 327 g/mol. The first-order valence-corrected chi connectivity index (χ1v) is 9.53. The van der Waals surface area contributed by atoms with Gasteiger partial charge in [-0.2, -0.15) is 0 Å². The average Bonchev–Trinajstić information content (AvgIpc) is 2.49. The first-order valence-electron chi connectivity index (χ1n) is 9.53. The number of ether oxygens (including phenoxy) is 1. The zero-order chi connectivity index (χ0) is 16.7. The molecule has 0 unspecified atom stereocenters. The molecule has 0 spiro atoms. The van der Waals surface area contributed by atoms with Crippen molar-refractivity contribution in [2.75, 3.05) is 6.61 Å². The van der Waals surface area contributed by atoms with E-state index in [4.69, 9.17) is 4.74 Å². The maximum atomic E-state index is 12.5. The molecule has 1 aromatic carbocycles. The molecular formula is C21H29NO2. The number of carbonyl (C=O) groups excluding carboxylic acids is 1. The molecule has 3 heteroatoms. The number of carbonyl (C=O) groups is 1. The van der Waals surface area contributed by atoms with Crippen molar-refractivity contribution in [3.63, 3.8) is 0 Å². The summed E-state index contributed by atoms with van der Waals surface area (Å²) in [6.07, 6.45) is 8.31. The lowest BCUT2D eigenvalue weighted by molar-refractivity contribution is -0.127. The number of hydrogen-bond donors (Lipinski definition) is 1. The summed E-state index contributed by atoms with van der Waals surface area (Å²) in [5.74, 6) is 3.66. The molecule has 0 saturated heterocycles. The molecule has 4 saturated carbocycles. The zero-order valence-corrected chi connectivity index (χ0v) is 14.9. The summed E-state index contributed by atoms with van der Waals surface area (Å²) in [6.45, 7) is 4.62. The molecule has 1 amide bonds. The smallest absolute Gasteiger partial charge is 0.223 e. The minimum absolute atomic E-state index is 0.116. The summed E-state index contributed by atoms with van der Waals surface area (Å²) >= 11 is 0. The molecular weight excluding hydrogens is 298 g/mol. The molecule has 0 atom stereocenters. The molecule has 3 nitrogen and oxygen atoms in total. The third-order valence-corrected chi connectivity index (χ3v) is 6.58. The van der Waals surface area contributed by atoms with E-state index in [1.165, 1.54) is 49.7 Å². The maximum Gasteiger partial charge on any atom is 0.223 e. The van der Waals surface area contributed by atoms with Crippen molar-refractivity contribution < 1.29 is 9.53 Å². The lowest BCUT2D eigenvalue weighted by atomic mass is 9.53. The fraction of sp³-hybridized carbons (Fsp3) is 0.667. The Morgan fingerprint density at radius 2 is 1.75 bits per heavy atom. The van der Waals surface area contributed by atoms with Crippen LogP contribution < -0.4 is 10.1 Å². The molecule has 4 aliphatic carbocycles. The van der Waals surface area contributed by atoms with Crippen LogP contribution >= 0.6 is 0 Å². The first kappa shape index (κ1) is 16.0. The van der Waals surface area contributed by atoms with Crippen LogP contribution in [0.3, 0.4) is 0 Å². The largest absolute Gasteiger partial charge is 0.493 e. The van der Waals surface area contributed by atoms with Gasteiger partial charge in [-0.25, -0.2) is 0 Å². The van der Waals surface area contributed by atoms with E-state index < -0.39 is 0 Å². The van der Waals surface area contributed by atoms with E-state index in [1.807, 2.05) is 12.1 Å². The van der Waals surface area contributed by atoms with Gasteiger partial charge in [0, 0.05) is 5.54 Å². The molecule has 5 rings (SSSR count). The molecule has 24 heavy (non-hydrogen) atoms. The Labute approximate surface area is 145 Å². The van der Waals surface area contributed by atoms with Crippen molar-refractivity contribution in [1.82, 2.24) is 5.32 Å². The lowest BCUT2D eigenvalue weighted by Crippen LogP contribution is -2.59. The number of benzene rings is 1. The minimum Gasteiger partial charge on any atom is -0.493 e. The highest BCUT2D eigenvalue weighted by Gasteiger charge is 2.51. The summed E-state index contributed by atoms with van der Waals surface area (Å²) < 4.78 is 5.85. The van der Waals surface area contributed by atoms with E-state index >= 15 is 0 Å². The van der Waals surface area contributed by atoms with Crippen molar-refractivity contribution in [1.29, 1.82) is 0 Å². The van der Waals surface area contributed by atoms with Gasteiger partial charge in [0.2, 0.25) is 5.91 Å². The fourth-order valence-electron chi connectivity index (χ4n) is 5.76. The van der Waals surface area contributed by atoms with Crippen LogP contribution in [0.4, 0.5) is 0 Å². The van der Waals surface area contributed by atoms with Crippen LogP contribution in [0.5, 0.6) is 5.75 Å². The van der Waals surface area contributed by atoms with Gasteiger partial charge in [0.05, 0.1) is 13.0 Å². The Kier molecular flexibility index (Phi) is 4.06. The van der Waals surface area contributed by atoms with Gasteiger partial charge in [0.1, 0.15) is 5.75 Å². The van der Waals surface area contributed by atoms with E-state index in [-0.39, 0.29) is 11.4 Å². The second-order valence-electron chi connectivity index (χ2n) is 8.54. The SMILES string of the molecule is Cc1cccc(OCCC(=O)NC23CC4CC(CC(C4)C2)C3)c1C. The van der Waals surface area contributed by atoms with Gasteiger partial charge in [-0.1, -0.05) is 12.1 Å². The summed E-state index contributed by atoms with van der Waals surface area (Å²) in [5.41, 5.74) is 2.51. The van der Waals surface area contributed by atoms with Crippen molar-refractivity contribution >= 4 is 5.91 Å². The molecule has 1 aromatic rings. The molecule has 4 fully saturated rings. The van der Waals surface area contributed by atoms with Crippen LogP contribution in [0.1, 0.15) is 56.1 Å². The Hall–Kier alpha value is -1.51. The summed E-state index contributed by atoms with van der Waals surface area (Å²) in [6, 6.07) is 6.08. The lowest BCUT2D eigenvalue weighted by Gasteiger charge is -2.56. The maximum absolute atomic E-state index is 12.5. The molecule has 0 aromatic heterocycles. The zero-order valence-electron chi connectivity index (χ0n) is 14.9. The summed E-state index contributed by atoms with van der Waals surface area (Å²) in [7, 11) is 0. The van der Waals surface area contributed by atoms with Crippen molar-refractivity contribution in [3.8, 4) is 5.75 Å². The molecule has 0 heterocycles. The Morgan fingerprint density at radius 1 is 1.12 bits per heavy atom. The van der Waals surface area contributed by atoms with Crippen LogP contribution in [0.15, 0.2) is 18.2 Å². The second kappa shape index (κ2) is 6.09. The highest BCUT2D eigenvalue weighted by Crippen LogP contribution is 2.55. The molecule has 0 aliphatic heterocycles. The number of hydrogen-bond acceptors (Lipinski definition) is 2. The van der Waals surface area contributed by atoms with E-state index in [1.54, 1.807) is 0 Å².